The van der Waals surface area contributed by atoms with Gasteiger partial charge in [-0.1, -0.05) is 57.2 Å². The molecule has 1 amide bonds. The van der Waals surface area contributed by atoms with Crippen LogP contribution >= 0.6 is 23.7 Å². The maximum Gasteiger partial charge on any atom is 0.278 e. The van der Waals surface area contributed by atoms with Crippen molar-refractivity contribution in [3.8, 4) is 22.6 Å². The Morgan fingerprint density at radius 1 is 1.03 bits per heavy atom. The molecule has 0 unspecified atom stereocenters. The Bertz CT molecular complexity index is 1160. The van der Waals surface area contributed by atoms with Crippen LogP contribution in [0.1, 0.15) is 36.8 Å². The van der Waals surface area contributed by atoms with E-state index in [1.165, 1.54) is 16.9 Å². The van der Waals surface area contributed by atoms with Gasteiger partial charge in [0.2, 0.25) is 0 Å². The summed E-state index contributed by atoms with van der Waals surface area (Å²) in [5.74, 6) is 0.317. The zero-order chi connectivity index (χ0) is 21.3. The zero-order valence-electron chi connectivity index (χ0n) is 17.5. The number of aromatic amines is 1. The first-order valence-electron chi connectivity index (χ1n) is 9.59. The van der Waals surface area contributed by atoms with Gasteiger partial charge in [0.1, 0.15) is 5.82 Å². The lowest BCUT2D eigenvalue weighted by molar-refractivity contribution is 0.102. The molecule has 0 atom stereocenters. The summed E-state index contributed by atoms with van der Waals surface area (Å²) < 4.78 is 0. The summed E-state index contributed by atoms with van der Waals surface area (Å²) in [6, 6.07) is 15.6. The van der Waals surface area contributed by atoms with Gasteiger partial charge in [-0.05, 0) is 23.1 Å². The summed E-state index contributed by atoms with van der Waals surface area (Å²) in [4.78, 5) is 25.0. The highest BCUT2D eigenvalue weighted by atomic mass is 35.5. The molecule has 0 aliphatic rings. The van der Waals surface area contributed by atoms with Gasteiger partial charge in [0, 0.05) is 28.4 Å². The maximum absolute atomic E-state index is 13.0. The zero-order valence-corrected chi connectivity index (χ0v) is 19.1. The maximum atomic E-state index is 13.0. The lowest BCUT2D eigenvalue weighted by atomic mass is 9.87. The van der Waals surface area contributed by atoms with Crippen LogP contribution in [0.25, 0.3) is 22.6 Å². The Morgan fingerprint density at radius 2 is 1.68 bits per heavy atom. The number of hydrogen-bond donors (Lipinski definition) is 3. The fourth-order valence-corrected chi connectivity index (χ4v) is 3.63. The topological polar surface area (TPSA) is 96.7 Å². The summed E-state index contributed by atoms with van der Waals surface area (Å²) in [7, 11) is 0. The Labute approximate surface area is 191 Å². The van der Waals surface area contributed by atoms with Crippen molar-refractivity contribution in [3.05, 3.63) is 71.4 Å². The second kappa shape index (κ2) is 8.91. The number of thiazole rings is 1. The Balaban J connectivity index is 0.00000272. The minimum atomic E-state index is -0.314. The molecule has 0 aliphatic heterocycles. The predicted octanol–water partition coefficient (Wildman–Crippen LogP) is 5.75. The second-order valence-corrected chi connectivity index (χ2v) is 8.94. The third-order valence-corrected chi connectivity index (χ3v) is 5.48. The van der Waals surface area contributed by atoms with Crippen LogP contribution in [-0.2, 0) is 5.41 Å². The minimum absolute atomic E-state index is 0. The number of imidazole rings is 1. The molecule has 2 aromatic carbocycles. The number of nitrogens with zero attached hydrogens (tertiary/aromatic N) is 2. The van der Waals surface area contributed by atoms with E-state index in [0.29, 0.717) is 28.0 Å². The van der Waals surface area contributed by atoms with Crippen molar-refractivity contribution in [2.45, 2.75) is 26.2 Å². The number of nitrogens with one attached hydrogen (secondary N) is 2. The number of hydrogen-bond acceptors (Lipinski definition) is 5. The first kappa shape index (κ1) is 22.5. The van der Waals surface area contributed by atoms with E-state index in [-0.39, 0.29) is 23.7 Å². The van der Waals surface area contributed by atoms with E-state index in [0.717, 1.165) is 11.1 Å². The van der Waals surface area contributed by atoms with Gasteiger partial charge >= 0.3 is 0 Å². The molecule has 4 rings (SSSR count). The Kier molecular flexibility index (Phi) is 6.48. The molecule has 2 aromatic heterocycles. The standard InChI is InChI=1S/C23H23N5OS.ClH/c1-23(2,3)16-8-4-15(5-9-16)20-26-18(14-6-10-17(24)11-7-14)19(27-20)21(29)28-22-25-12-13-30-22;/h4-13H,24H2,1-3H3,(H,26,27)(H,25,28,29);1H. The van der Waals surface area contributed by atoms with E-state index >= 15 is 0 Å². The van der Waals surface area contributed by atoms with Crippen molar-refractivity contribution in [1.82, 2.24) is 15.0 Å². The van der Waals surface area contributed by atoms with E-state index in [1.807, 2.05) is 29.6 Å². The van der Waals surface area contributed by atoms with Gasteiger partial charge in [-0.15, -0.1) is 23.7 Å². The van der Waals surface area contributed by atoms with Crippen LogP contribution < -0.4 is 11.1 Å². The van der Waals surface area contributed by atoms with Crippen molar-refractivity contribution < 1.29 is 4.79 Å². The average Bonchev–Trinajstić information content (AvgIpc) is 3.38. The summed E-state index contributed by atoms with van der Waals surface area (Å²) in [6.07, 6.45) is 1.65. The van der Waals surface area contributed by atoms with Crippen LogP contribution in [0, 0.1) is 0 Å². The number of anilines is 2. The third kappa shape index (κ3) is 4.95. The average molecular weight is 454 g/mol. The number of benzene rings is 2. The molecule has 0 fully saturated rings. The van der Waals surface area contributed by atoms with Crippen LogP contribution in [0.3, 0.4) is 0 Å². The van der Waals surface area contributed by atoms with E-state index in [2.05, 4.69) is 53.2 Å². The molecule has 8 heteroatoms. The fraction of sp³-hybridized carbons (Fsp3) is 0.174. The van der Waals surface area contributed by atoms with Crippen molar-refractivity contribution in [3.63, 3.8) is 0 Å². The highest BCUT2D eigenvalue weighted by Gasteiger charge is 2.21. The largest absolute Gasteiger partial charge is 0.399 e. The Hall–Kier alpha value is -3.16. The number of carbonyl (C=O) groups excluding carboxylic acids is 1. The van der Waals surface area contributed by atoms with Crippen LogP contribution in [0.5, 0.6) is 0 Å². The second-order valence-electron chi connectivity index (χ2n) is 8.05. The first-order valence-corrected chi connectivity index (χ1v) is 10.5. The van der Waals surface area contributed by atoms with Gasteiger partial charge in [-0.3, -0.25) is 10.1 Å². The number of H-pyrrole nitrogens is 1. The molecule has 0 saturated heterocycles. The number of halogens is 1. The van der Waals surface area contributed by atoms with Crippen molar-refractivity contribution >= 4 is 40.5 Å². The van der Waals surface area contributed by atoms with Crippen LogP contribution in [0.2, 0.25) is 0 Å². The van der Waals surface area contributed by atoms with Gasteiger partial charge in [-0.25, -0.2) is 9.97 Å². The smallest absolute Gasteiger partial charge is 0.278 e. The van der Waals surface area contributed by atoms with Crippen LogP contribution in [0.15, 0.2) is 60.1 Å². The third-order valence-electron chi connectivity index (χ3n) is 4.80. The van der Waals surface area contributed by atoms with Gasteiger partial charge in [0.15, 0.2) is 10.8 Å². The lowest BCUT2D eigenvalue weighted by Gasteiger charge is -2.18. The monoisotopic (exact) mass is 453 g/mol. The SMILES string of the molecule is CC(C)(C)c1ccc(-c2nc(C(=O)Nc3nccs3)c(-c3ccc(N)cc3)[nH]2)cc1.Cl. The normalized spacial score (nSPS) is 11.1. The summed E-state index contributed by atoms with van der Waals surface area (Å²) in [5, 5.41) is 5.15. The molecular weight excluding hydrogens is 430 g/mol. The van der Waals surface area contributed by atoms with E-state index in [1.54, 1.807) is 18.3 Å². The van der Waals surface area contributed by atoms with Gasteiger partial charge in [0.25, 0.3) is 5.91 Å². The molecule has 0 bridgehead atoms. The molecule has 0 radical (unpaired) electrons. The highest BCUT2D eigenvalue weighted by Crippen LogP contribution is 2.29. The molecular formula is C23H24ClN5OS. The molecule has 31 heavy (non-hydrogen) atoms. The lowest BCUT2D eigenvalue weighted by Crippen LogP contribution is -2.13. The summed E-state index contributed by atoms with van der Waals surface area (Å²) >= 11 is 1.36. The number of rotatable bonds is 4. The van der Waals surface area contributed by atoms with Crippen molar-refractivity contribution in [2.75, 3.05) is 11.1 Å². The molecule has 4 N–H and O–H groups in total. The number of amides is 1. The quantitative estimate of drug-likeness (QED) is 0.342. The molecule has 0 saturated carbocycles. The fourth-order valence-electron chi connectivity index (χ4n) is 3.10. The van der Waals surface area contributed by atoms with Crippen LogP contribution in [-0.4, -0.2) is 20.9 Å². The number of nitrogens with two attached hydrogens (primary N) is 1. The van der Waals surface area contributed by atoms with Gasteiger partial charge < -0.3 is 10.7 Å². The van der Waals surface area contributed by atoms with Crippen LogP contribution in [0.4, 0.5) is 10.8 Å². The molecule has 6 nitrogen and oxygen atoms in total. The Morgan fingerprint density at radius 3 is 2.26 bits per heavy atom. The minimum Gasteiger partial charge on any atom is -0.399 e. The number of aromatic nitrogens is 3. The molecule has 160 valence electrons. The molecule has 4 aromatic rings. The highest BCUT2D eigenvalue weighted by molar-refractivity contribution is 7.13. The summed E-state index contributed by atoms with van der Waals surface area (Å²) in [6.45, 7) is 6.53. The molecule has 2 heterocycles. The number of nitrogen functional groups attached to an aromatic ring is 1. The van der Waals surface area contributed by atoms with E-state index < -0.39 is 0 Å². The van der Waals surface area contributed by atoms with Gasteiger partial charge in [0.05, 0.1) is 5.69 Å². The molecule has 0 aliphatic carbocycles. The van der Waals surface area contributed by atoms with Gasteiger partial charge in [-0.2, -0.15) is 0 Å². The van der Waals surface area contributed by atoms with E-state index in [4.69, 9.17) is 5.73 Å². The summed E-state index contributed by atoms with van der Waals surface area (Å²) in [5.41, 5.74) is 10.5. The molecule has 0 spiro atoms. The van der Waals surface area contributed by atoms with Crippen molar-refractivity contribution in [2.24, 2.45) is 0 Å². The van der Waals surface area contributed by atoms with E-state index in [9.17, 15) is 4.79 Å². The van der Waals surface area contributed by atoms with Crippen molar-refractivity contribution in [1.29, 1.82) is 0 Å². The first-order chi connectivity index (χ1) is 14.3. The number of carbonyl (C=O) groups is 1. The predicted molar refractivity (Wildman–Crippen MR) is 130 cm³/mol.